The fraction of sp³-hybridized carbons (Fsp3) is 0.348. The quantitative estimate of drug-likeness (QED) is 0.344. The van der Waals surface area contributed by atoms with Gasteiger partial charge in [-0.05, 0) is 25.0 Å². The second kappa shape index (κ2) is 9.34. The van der Waals surface area contributed by atoms with Crippen LogP contribution in [0.1, 0.15) is 41.6 Å². The van der Waals surface area contributed by atoms with E-state index in [1.165, 1.54) is 0 Å². The maximum absolute atomic E-state index is 12.6. The minimum absolute atomic E-state index is 0.0490. The molecule has 0 spiro atoms. The van der Waals surface area contributed by atoms with Gasteiger partial charge in [-0.2, -0.15) is 11.8 Å². The Morgan fingerprint density at radius 1 is 1.00 bits per heavy atom. The number of nitrogens with one attached hydrogen (secondary N) is 3. The molecule has 0 radical (unpaired) electrons. The predicted octanol–water partition coefficient (Wildman–Crippen LogP) is 3.58. The molecule has 3 amide bonds. The van der Waals surface area contributed by atoms with Crippen molar-refractivity contribution in [3.05, 3.63) is 65.7 Å². The van der Waals surface area contributed by atoms with Gasteiger partial charge in [0.2, 0.25) is 5.91 Å². The number of urea groups is 1. The topological polar surface area (TPSA) is 87.3 Å². The van der Waals surface area contributed by atoms with E-state index in [-0.39, 0.29) is 29.8 Å². The van der Waals surface area contributed by atoms with Crippen molar-refractivity contribution in [2.75, 3.05) is 11.1 Å². The summed E-state index contributed by atoms with van der Waals surface area (Å²) in [7, 11) is 0. The van der Waals surface area contributed by atoms with Crippen LogP contribution in [0.3, 0.4) is 0 Å². The van der Waals surface area contributed by atoms with Crippen LogP contribution in [-0.2, 0) is 4.79 Å². The number of rotatable bonds is 8. The lowest BCUT2D eigenvalue weighted by Gasteiger charge is -2.16. The molecule has 2 aromatic carbocycles. The number of fused-ring (bicyclic) bond motifs is 1. The minimum atomic E-state index is -0.0670. The first kappa shape index (κ1) is 20.5. The molecule has 0 bridgehead atoms. The van der Waals surface area contributed by atoms with Crippen molar-refractivity contribution in [2.45, 2.75) is 43.0 Å². The van der Waals surface area contributed by atoms with Crippen molar-refractivity contribution in [2.24, 2.45) is 0 Å². The van der Waals surface area contributed by atoms with Crippen LogP contribution in [0.2, 0.25) is 0 Å². The summed E-state index contributed by atoms with van der Waals surface area (Å²) in [6.07, 6.45) is 3.16. The van der Waals surface area contributed by atoms with Gasteiger partial charge >= 0.3 is 6.03 Å². The first-order valence-electron chi connectivity index (χ1n) is 10.3. The standard InChI is InChI=1S/C23H25N3O3S/c27-20(12-5-4-11-19-21-18(14-30-19)25-23(29)26-21)24-17-10-6-9-16(13-17)22(28)15-7-2-1-3-8-15/h1-3,6-10,13,18-19,21H,4-5,11-12,14H2,(H,24,27)(H2,25,26,29)/t18-,19-,21-/m0/s1. The summed E-state index contributed by atoms with van der Waals surface area (Å²) in [5.41, 5.74) is 1.82. The molecule has 2 aliphatic rings. The smallest absolute Gasteiger partial charge is 0.315 e. The van der Waals surface area contributed by atoms with Crippen molar-refractivity contribution in [3.8, 4) is 0 Å². The van der Waals surface area contributed by atoms with Crippen LogP contribution >= 0.6 is 11.8 Å². The molecule has 2 heterocycles. The van der Waals surface area contributed by atoms with E-state index in [4.69, 9.17) is 0 Å². The van der Waals surface area contributed by atoms with Gasteiger partial charge in [-0.3, -0.25) is 9.59 Å². The van der Waals surface area contributed by atoms with Gasteiger partial charge in [-0.25, -0.2) is 4.79 Å². The molecule has 2 aliphatic heterocycles. The lowest BCUT2D eigenvalue weighted by Crippen LogP contribution is -2.36. The third-order valence-electron chi connectivity index (χ3n) is 5.53. The van der Waals surface area contributed by atoms with Gasteiger partial charge in [0.05, 0.1) is 12.1 Å². The third kappa shape index (κ3) is 4.84. The van der Waals surface area contributed by atoms with Crippen molar-refractivity contribution < 1.29 is 14.4 Å². The number of hydrogen-bond acceptors (Lipinski definition) is 4. The predicted molar refractivity (Wildman–Crippen MR) is 119 cm³/mol. The Morgan fingerprint density at radius 2 is 1.80 bits per heavy atom. The Morgan fingerprint density at radius 3 is 2.63 bits per heavy atom. The summed E-state index contributed by atoms with van der Waals surface area (Å²) in [6, 6.07) is 16.5. The summed E-state index contributed by atoms with van der Waals surface area (Å²) < 4.78 is 0. The summed E-state index contributed by atoms with van der Waals surface area (Å²) >= 11 is 1.89. The van der Waals surface area contributed by atoms with E-state index in [9.17, 15) is 14.4 Å². The Kier molecular flexibility index (Phi) is 6.38. The van der Waals surface area contributed by atoms with Crippen molar-refractivity contribution in [1.29, 1.82) is 0 Å². The highest BCUT2D eigenvalue weighted by atomic mass is 32.2. The van der Waals surface area contributed by atoms with Gasteiger partial charge in [0.15, 0.2) is 5.78 Å². The summed E-state index contributed by atoms with van der Waals surface area (Å²) in [5.74, 6) is 0.840. The molecule has 156 valence electrons. The minimum Gasteiger partial charge on any atom is -0.332 e. The molecular weight excluding hydrogens is 398 g/mol. The second-order valence-electron chi connectivity index (χ2n) is 7.69. The molecule has 3 atom stereocenters. The van der Waals surface area contributed by atoms with E-state index in [1.807, 2.05) is 30.0 Å². The maximum atomic E-state index is 12.6. The Labute approximate surface area is 180 Å². The third-order valence-corrected chi connectivity index (χ3v) is 7.03. The highest BCUT2D eigenvalue weighted by molar-refractivity contribution is 8.00. The van der Waals surface area contributed by atoms with Crippen LogP contribution in [0.15, 0.2) is 54.6 Å². The summed E-state index contributed by atoms with van der Waals surface area (Å²) in [6.45, 7) is 0. The van der Waals surface area contributed by atoms with Crippen LogP contribution in [-0.4, -0.2) is 40.8 Å². The molecule has 0 aromatic heterocycles. The Bertz CT molecular complexity index is 934. The lowest BCUT2D eigenvalue weighted by molar-refractivity contribution is -0.116. The monoisotopic (exact) mass is 423 g/mol. The normalized spacial score (nSPS) is 22.1. The largest absolute Gasteiger partial charge is 0.332 e. The average Bonchev–Trinajstić information content (AvgIpc) is 3.31. The molecule has 2 saturated heterocycles. The Hall–Kier alpha value is -2.80. The molecule has 30 heavy (non-hydrogen) atoms. The number of carbonyl (C=O) groups is 3. The van der Waals surface area contributed by atoms with Crippen LogP contribution < -0.4 is 16.0 Å². The summed E-state index contributed by atoms with van der Waals surface area (Å²) in [5, 5.41) is 9.25. The maximum Gasteiger partial charge on any atom is 0.315 e. The highest BCUT2D eigenvalue weighted by Gasteiger charge is 2.42. The fourth-order valence-corrected chi connectivity index (χ4v) is 5.54. The number of ketones is 1. The molecule has 0 aliphatic carbocycles. The van der Waals surface area contributed by atoms with Crippen molar-refractivity contribution in [1.82, 2.24) is 10.6 Å². The first-order chi connectivity index (χ1) is 14.6. The highest BCUT2D eigenvalue weighted by Crippen LogP contribution is 2.33. The zero-order valence-electron chi connectivity index (χ0n) is 16.6. The zero-order chi connectivity index (χ0) is 20.9. The number of thioether (sulfide) groups is 1. The zero-order valence-corrected chi connectivity index (χ0v) is 17.4. The van der Waals surface area contributed by atoms with Gasteiger partial charge in [0.25, 0.3) is 0 Å². The molecule has 0 saturated carbocycles. The van der Waals surface area contributed by atoms with Crippen molar-refractivity contribution >= 4 is 35.2 Å². The van der Waals surface area contributed by atoms with Crippen LogP contribution in [0.25, 0.3) is 0 Å². The number of hydrogen-bond donors (Lipinski definition) is 3. The number of unbranched alkanes of at least 4 members (excludes halogenated alkanes) is 1. The van der Waals surface area contributed by atoms with Gasteiger partial charge in [0.1, 0.15) is 0 Å². The molecule has 2 aromatic rings. The number of carbonyl (C=O) groups excluding carboxylic acids is 3. The van der Waals surface area contributed by atoms with Gasteiger partial charge in [-0.1, -0.05) is 48.9 Å². The van der Waals surface area contributed by atoms with Crippen LogP contribution in [0, 0.1) is 0 Å². The molecule has 0 unspecified atom stereocenters. The molecule has 6 nitrogen and oxygen atoms in total. The van der Waals surface area contributed by atoms with E-state index < -0.39 is 0 Å². The molecule has 7 heteroatoms. The molecular formula is C23H25N3O3S. The van der Waals surface area contributed by atoms with E-state index in [2.05, 4.69) is 16.0 Å². The first-order valence-corrected chi connectivity index (χ1v) is 11.3. The van der Waals surface area contributed by atoms with Crippen LogP contribution in [0.5, 0.6) is 0 Å². The van der Waals surface area contributed by atoms with E-state index >= 15 is 0 Å². The SMILES string of the molecule is O=C(CCCC[C@@H]1SC[C@@H]2NC(=O)N[C@@H]21)Nc1cccc(C(=O)c2ccccc2)c1. The van der Waals surface area contributed by atoms with Crippen LogP contribution in [0.4, 0.5) is 10.5 Å². The number of amides is 3. The second-order valence-corrected chi connectivity index (χ2v) is 8.96. The fourth-order valence-electron chi connectivity index (χ4n) is 3.99. The van der Waals surface area contributed by atoms with Gasteiger partial charge in [-0.15, -0.1) is 0 Å². The van der Waals surface area contributed by atoms with Crippen molar-refractivity contribution in [3.63, 3.8) is 0 Å². The molecule has 3 N–H and O–H groups in total. The van der Waals surface area contributed by atoms with E-state index in [1.54, 1.807) is 36.4 Å². The lowest BCUT2D eigenvalue weighted by atomic mass is 10.0. The number of anilines is 1. The summed E-state index contributed by atoms with van der Waals surface area (Å²) in [4.78, 5) is 36.3. The Balaban J connectivity index is 1.23. The van der Waals surface area contributed by atoms with E-state index in [0.29, 0.717) is 28.5 Å². The van der Waals surface area contributed by atoms with E-state index in [0.717, 1.165) is 25.0 Å². The molecule has 2 fully saturated rings. The van der Waals surface area contributed by atoms with Gasteiger partial charge < -0.3 is 16.0 Å². The number of benzene rings is 2. The van der Waals surface area contributed by atoms with Gasteiger partial charge in [0, 0.05) is 34.2 Å². The average molecular weight is 424 g/mol. The molecule has 4 rings (SSSR count).